The first-order valence-corrected chi connectivity index (χ1v) is 7.59. The molecule has 4 nitrogen and oxygen atoms in total. The molecule has 112 valence electrons. The van der Waals surface area contributed by atoms with Crippen LogP contribution in [0.2, 0.25) is 10.0 Å². The van der Waals surface area contributed by atoms with E-state index in [-0.39, 0.29) is 18.1 Å². The molecule has 0 aliphatic heterocycles. The number of rotatable bonds is 6. The number of hydrogen-bond donors (Lipinski definition) is 1. The SMILES string of the molecule is Cc1cc(OCCOc2ccc(Cl)cc2Cl)c(C(=O)O)s1. The Balaban J connectivity index is 1.89. The lowest BCUT2D eigenvalue weighted by atomic mass is 10.3. The number of hydrogen-bond acceptors (Lipinski definition) is 4. The number of halogens is 2. The molecular formula is C14H12Cl2O4S. The zero-order chi connectivity index (χ0) is 15.4. The molecule has 7 heteroatoms. The monoisotopic (exact) mass is 346 g/mol. The number of aromatic carboxylic acids is 1. The van der Waals surface area contributed by atoms with Crippen LogP contribution in [0.5, 0.6) is 11.5 Å². The molecule has 0 unspecified atom stereocenters. The third-order valence-electron chi connectivity index (χ3n) is 2.51. The maximum Gasteiger partial charge on any atom is 0.349 e. The molecule has 0 fully saturated rings. The molecule has 2 rings (SSSR count). The van der Waals surface area contributed by atoms with Crippen LogP contribution in [0, 0.1) is 6.92 Å². The first-order chi connectivity index (χ1) is 9.97. The molecule has 1 N–H and O–H groups in total. The number of aryl methyl sites for hydroxylation is 1. The quantitative estimate of drug-likeness (QED) is 0.781. The van der Waals surface area contributed by atoms with Gasteiger partial charge in [0.15, 0.2) is 4.88 Å². The third-order valence-corrected chi connectivity index (χ3v) is 4.06. The maximum absolute atomic E-state index is 11.0. The van der Waals surface area contributed by atoms with Gasteiger partial charge in [0.25, 0.3) is 0 Å². The first kappa shape index (κ1) is 15.9. The molecule has 21 heavy (non-hydrogen) atoms. The van der Waals surface area contributed by atoms with Gasteiger partial charge in [0.05, 0.1) is 5.02 Å². The van der Waals surface area contributed by atoms with Crippen molar-refractivity contribution in [1.29, 1.82) is 0 Å². The summed E-state index contributed by atoms with van der Waals surface area (Å²) >= 11 is 12.9. The molecule has 0 saturated heterocycles. The molecule has 1 heterocycles. The maximum atomic E-state index is 11.0. The lowest BCUT2D eigenvalue weighted by Gasteiger charge is -2.09. The molecule has 0 amide bonds. The summed E-state index contributed by atoms with van der Waals surface area (Å²) in [4.78, 5) is 12.1. The topological polar surface area (TPSA) is 55.8 Å². The van der Waals surface area contributed by atoms with Crippen molar-refractivity contribution in [3.63, 3.8) is 0 Å². The zero-order valence-electron chi connectivity index (χ0n) is 11.1. The van der Waals surface area contributed by atoms with E-state index in [2.05, 4.69) is 0 Å². The summed E-state index contributed by atoms with van der Waals surface area (Å²) < 4.78 is 10.9. The van der Waals surface area contributed by atoms with Crippen LogP contribution in [-0.4, -0.2) is 24.3 Å². The molecule has 0 saturated carbocycles. The van der Waals surface area contributed by atoms with Crippen LogP contribution < -0.4 is 9.47 Å². The number of carboxylic acid groups (broad SMARTS) is 1. The summed E-state index contributed by atoms with van der Waals surface area (Å²) in [7, 11) is 0. The third kappa shape index (κ3) is 4.27. The molecule has 0 spiro atoms. The van der Waals surface area contributed by atoms with E-state index < -0.39 is 5.97 Å². The molecule has 0 aliphatic carbocycles. The molecule has 0 aliphatic rings. The summed E-state index contributed by atoms with van der Waals surface area (Å²) in [6.07, 6.45) is 0. The van der Waals surface area contributed by atoms with Crippen LogP contribution in [0.3, 0.4) is 0 Å². The lowest BCUT2D eigenvalue weighted by molar-refractivity contribution is 0.0697. The Kier molecular flexibility index (Phi) is 5.33. The van der Waals surface area contributed by atoms with Crippen LogP contribution in [0.15, 0.2) is 24.3 Å². The second-order valence-electron chi connectivity index (χ2n) is 4.13. The Morgan fingerprint density at radius 1 is 1.19 bits per heavy atom. The predicted octanol–water partition coefficient (Wildman–Crippen LogP) is 4.52. The van der Waals surface area contributed by atoms with Crippen molar-refractivity contribution >= 4 is 40.5 Å². The minimum Gasteiger partial charge on any atom is -0.488 e. The van der Waals surface area contributed by atoms with Gasteiger partial charge in [-0.3, -0.25) is 0 Å². The fourth-order valence-electron chi connectivity index (χ4n) is 1.64. The molecule has 0 radical (unpaired) electrons. The van der Waals surface area contributed by atoms with Gasteiger partial charge in [-0.15, -0.1) is 11.3 Å². The highest BCUT2D eigenvalue weighted by Crippen LogP contribution is 2.29. The Bertz CT molecular complexity index is 654. The van der Waals surface area contributed by atoms with Crippen molar-refractivity contribution in [1.82, 2.24) is 0 Å². The van der Waals surface area contributed by atoms with Crippen LogP contribution in [-0.2, 0) is 0 Å². The smallest absolute Gasteiger partial charge is 0.349 e. The Labute approximate surface area is 135 Å². The fraction of sp³-hybridized carbons (Fsp3) is 0.214. The number of carbonyl (C=O) groups is 1. The highest BCUT2D eigenvalue weighted by atomic mass is 35.5. The van der Waals surface area contributed by atoms with E-state index in [0.29, 0.717) is 21.5 Å². The van der Waals surface area contributed by atoms with E-state index in [4.69, 9.17) is 37.8 Å². The largest absolute Gasteiger partial charge is 0.488 e. The van der Waals surface area contributed by atoms with Gasteiger partial charge in [-0.2, -0.15) is 0 Å². The van der Waals surface area contributed by atoms with E-state index in [1.54, 1.807) is 24.3 Å². The molecule has 0 atom stereocenters. The van der Waals surface area contributed by atoms with Gasteiger partial charge in [0.2, 0.25) is 0 Å². The van der Waals surface area contributed by atoms with Crippen LogP contribution in [0.4, 0.5) is 0 Å². The fourth-order valence-corrected chi connectivity index (χ4v) is 2.90. The van der Waals surface area contributed by atoms with Crippen LogP contribution in [0.1, 0.15) is 14.5 Å². The van der Waals surface area contributed by atoms with Gasteiger partial charge >= 0.3 is 5.97 Å². The van der Waals surface area contributed by atoms with Gasteiger partial charge < -0.3 is 14.6 Å². The second-order valence-corrected chi connectivity index (χ2v) is 6.23. The predicted molar refractivity (Wildman–Crippen MR) is 83.5 cm³/mol. The van der Waals surface area contributed by atoms with E-state index in [1.807, 2.05) is 6.92 Å². The average molecular weight is 347 g/mol. The summed E-state index contributed by atoms with van der Waals surface area (Å²) in [5, 5.41) is 9.99. The summed E-state index contributed by atoms with van der Waals surface area (Å²) in [5.41, 5.74) is 0. The van der Waals surface area contributed by atoms with Crippen molar-refractivity contribution in [2.45, 2.75) is 6.92 Å². The Morgan fingerprint density at radius 3 is 2.48 bits per heavy atom. The average Bonchev–Trinajstić information content (AvgIpc) is 2.78. The molecule has 1 aromatic carbocycles. The van der Waals surface area contributed by atoms with E-state index in [0.717, 1.165) is 4.88 Å². The van der Waals surface area contributed by atoms with Crippen molar-refractivity contribution in [2.24, 2.45) is 0 Å². The second kappa shape index (κ2) is 7.02. The molecule has 1 aromatic heterocycles. The van der Waals surface area contributed by atoms with Crippen molar-refractivity contribution < 1.29 is 19.4 Å². The van der Waals surface area contributed by atoms with Crippen molar-refractivity contribution in [3.8, 4) is 11.5 Å². The van der Waals surface area contributed by atoms with Gasteiger partial charge in [-0.05, 0) is 31.2 Å². The van der Waals surface area contributed by atoms with Gasteiger partial charge in [-0.25, -0.2) is 4.79 Å². The van der Waals surface area contributed by atoms with Gasteiger partial charge in [-0.1, -0.05) is 23.2 Å². The number of benzene rings is 1. The molecular weight excluding hydrogens is 335 g/mol. The zero-order valence-corrected chi connectivity index (χ0v) is 13.4. The summed E-state index contributed by atoms with van der Waals surface area (Å²) in [6.45, 7) is 2.29. The van der Waals surface area contributed by atoms with Gasteiger partial charge in [0, 0.05) is 9.90 Å². The van der Waals surface area contributed by atoms with Crippen LogP contribution in [0.25, 0.3) is 0 Å². The highest BCUT2D eigenvalue weighted by Gasteiger charge is 2.15. The number of carboxylic acids is 1. The Hall–Kier alpha value is -1.43. The number of thiophene rings is 1. The molecule has 2 aromatic rings. The van der Waals surface area contributed by atoms with Crippen molar-refractivity contribution in [3.05, 3.63) is 44.1 Å². The first-order valence-electron chi connectivity index (χ1n) is 6.01. The lowest BCUT2D eigenvalue weighted by Crippen LogP contribution is -2.10. The highest BCUT2D eigenvalue weighted by molar-refractivity contribution is 7.14. The normalized spacial score (nSPS) is 10.4. The van der Waals surface area contributed by atoms with Crippen molar-refractivity contribution in [2.75, 3.05) is 13.2 Å². The Morgan fingerprint density at radius 2 is 1.86 bits per heavy atom. The molecule has 0 bridgehead atoms. The van der Waals surface area contributed by atoms with Crippen LogP contribution >= 0.6 is 34.5 Å². The minimum atomic E-state index is -0.996. The van der Waals surface area contributed by atoms with E-state index in [9.17, 15) is 4.79 Å². The minimum absolute atomic E-state index is 0.192. The summed E-state index contributed by atoms with van der Waals surface area (Å²) in [5.74, 6) is -0.134. The summed E-state index contributed by atoms with van der Waals surface area (Å²) in [6, 6.07) is 6.63. The number of ether oxygens (including phenoxy) is 2. The standard InChI is InChI=1S/C14H12Cl2O4S/c1-8-6-12(13(21-8)14(17)18)20-5-4-19-11-3-2-9(15)7-10(11)16/h2-3,6-7H,4-5H2,1H3,(H,17,18). The van der Waals surface area contributed by atoms with E-state index in [1.165, 1.54) is 11.3 Å². The van der Waals surface area contributed by atoms with Gasteiger partial charge in [0.1, 0.15) is 24.7 Å². The van der Waals surface area contributed by atoms with E-state index >= 15 is 0 Å².